The summed E-state index contributed by atoms with van der Waals surface area (Å²) in [4.78, 5) is 5.74. The zero-order chi connectivity index (χ0) is 16.3. The molecule has 23 heavy (non-hydrogen) atoms. The van der Waals surface area contributed by atoms with Crippen LogP contribution in [0.25, 0.3) is 5.70 Å². The number of nitrogens with one attached hydrogen (secondary N) is 1. The van der Waals surface area contributed by atoms with Crippen LogP contribution in [0.3, 0.4) is 0 Å². The second-order valence-electron chi connectivity index (χ2n) is 6.53. The lowest BCUT2D eigenvalue weighted by Gasteiger charge is -2.15. The fourth-order valence-corrected chi connectivity index (χ4v) is 2.74. The number of methoxy groups -OCH3 is 1. The summed E-state index contributed by atoms with van der Waals surface area (Å²) in [6, 6.07) is 5.93. The predicted molar refractivity (Wildman–Crippen MR) is 88.3 cm³/mol. The Morgan fingerprint density at radius 1 is 1.30 bits per heavy atom. The van der Waals surface area contributed by atoms with Crippen molar-refractivity contribution in [2.24, 2.45) is 5.92 Å². The van der Waals surface area contributed by atoms with E-state index >= 15 is 0 Å². The third-order valence-electron chi connectivity index (χ3n) is 4.21. The summed E-state index contributed by atoms with van der Waals surface area (Å²) >= 11 is 0. The van der Waals surface area contributed by atoms with Crippen LogP contribution in [0.1, 0.15) is 32.3 Å². The first kappa shape index (κ1) is 16.1. The highest BCUT2D eigenvalue weighted by atomic mass is 16.7. The van der Waals surface area contributed by atoms with Crippen LogP contribution in [0, 0.1) is 5.92 Å². The van der Waals surface area contributed by atoms with Gasteiger partial charge in [0.15, 0.2) is 11.5 Å². The number of hydroxylamine groups is 1. The summed E-state index contributed by atoms with van der Waals surface area (Å²) in [5.41, 5.74) is 4.68. The molecule has 5 nitrogen and oxygen atoms in total. The van der Waals surface area contributed by atoms with Crippen molar-refractivity contribution in [1.29, 1.82) is 0 Å². The van der Waals surface area contributed by atoms with Crippen molar-refractivity contribution < 1.29 is 19.0 Å². The highest BCUT2D eigenvalue weighted by Gasteiger charge is 2.39. The molecule has 1 fully saturated rings. The second-order valence-corrected chi connectivity index (χ2v) is 6.53. The van der Waals surface area contributed by atoms with Gasteiger partial charge in [-0.15, -0.1) is 0 Å². The van der Waals surface area contributed by atoms with Gasteiger partial charge in [-0.05, 0) is 36.6 Å². The third-order valence-corrected chi connectivity index (χ3v) is 4.21. The molecule has 2 aliphatic heterocycles. The lowest BCUT2D eigenvalue weighted by Crippen LogP contribution is -2.29. The molecule has 0 aromatic heterocycles. The first-order chi connectivity index (χ1) is 11.1. The predicted octanol–water partition coefficient (Wildman–Crippen LogP) is 3.15. The van der Waals surface area contributed by atoms with E-state index in [1.165, 1.54) is 0 Å². The molecule has 5 heteroatoms. The quantitative estimate of drug-likeness (QED) is 0.873. The number of hydrogen-bond acceptors (Lipinski definition) is 5. The Labute approximate surface area is 137 Å². The van der Waals surface area contributed by atoms with Crippen molar-refractivity contribution in [2.75, 3.05) is 26.9 Å². The normalized spacial score (nSPS) is 23.2. The molecule has 1 unspecified atom stereocenters. The minimum atomic E-state index is -0.325. The molecule has 1 atom stereocenters. The minimum Gasteiger partial charge on any atom is -0.493 e. The van der Waals surface area contributed by atoms with Gasteiger partial charge in [0.05, 0.1) is 26.0 Å². The Morgan fingerprint density at radius 3 is 2.87 bits per heavy atom. The zero-order valence-corrected chi connectivity index (χ0v) is 14.1. The molecule has 3 rings (SSSR count). The lowest BCUT2D eigenvalue weighted by atomic mass is 10.0. The fraction of sp³-hybridized carbons (Fsp3) is 0.556. The first-order valence-electron chi connectivity index (χ1n) is 8.18. The number of ether oxygens (including phenoxy) is 3. The molecule has 0 saturated carbocycles. The van der Waals surface area contributed by atoms with E-state index in [-0.39, 0.29) is 5.60 Å². The zero-order valence-electron chi connectivity index (χ0n) is 14.1. The molecule has 126 valence electrons. The van der Waals surface area contributed by atoms with Crippen LogP contribution in [0.5, 0.6) is 11.5 Å². The van der Waals surface area contributed by atoms with E-state index in [9.17, 15) is 0 Å². The van der Waals surface area contributed by atoms with Crippen molar-refractivity contribution in [3.63, 3.8) is 0 Å². The van der Waals surface area contributed by atoms with Crippen LogP contribution in [0.2, 0.25) is 0 Å². The average molecular weight is 319 g/mol. The van der Waals surface area contributed by atoms with Crippen molar-refractivity contribution in [1.82, 2.24) is 5.48 Å². The van der Waals surface area contributed by atoms with Crippen molar-refractivity contribution in [2.45, 2.75) is 32.3 Å². The fourth-order valence-electron chi connectivity index (χ4n) is 2.74. The van der Waals surface area contributed by atoms with E-state index in [1.54, 1.807) is 7.11 Å². The van der Waals surface area contributed by atoms with Gasteiger partial charge in [-0.3, -0.25) is 10.3 Å². The molecular weight excluding hydrogens is 294 g/mol. The maximum atomic E-state index is 5.91. The smallest absolute Gasteiger partial charge is 0.161 e. The second kappa shape index (κ2) is 6.81. The summed E-state index contributed by atoms with van der Waals surface area (Å²) in [5, 5.41) is 0. The van der Waals surface area contributed by atoms with Crippen molar-refractivity contribution in [3.8, 4) is 11.5 Å². The third kappa shape index (κ3) is 3.62. The van der Waals surface area contributed by atoms with E-state index < -0.39 is 0 Å². The SMILES string of the molecule is COc1ccc(C2=CC3(CCOC3)ON2)cc1OCCC(C)C. The van der Waals surface area contributed by atoms with Crippen LogP contribution < -0.4 is 15.0 Å². The summed E-state index contributed by atoms with van der Waals surface area (Å²) in [7, 11) is 1.66. The molecule has 1 N–H and O–H groups in total. The van der Waals surface area contributed by atoms with Gasteiger partial charge in [-0.1, -0.05) is 13.8 Å². The molecule has 1 aromatic carbocycles. The van der Waals surface area contributed by atoms with Crippen LogP contribution in [0.15, 0.2) is 24.3 Å². The molecule has 0 radical (unpaired) electrons. The monoisotopic (exact) mass is 319 g/mol. The summed E-state index contributed by atoms with van der Waals surface area (Å²) < 4.78 is 16.8. The van der Waals surface area contributed by atoms with Crippen LogP contribution in [-0.2, 0) is 9.57 Å². The van der Waals surface area contributed by atoms with E-state index in [0.29, 0.717) is 19.1 Å². The highest BCUT2D eigenvalue weighted by molar-refractivity contribution is 5.68. The molecule has 1 aromatic rings. The van der Waals surface area contributed by atoms with Gasteiger partial charge in [0.25, 0.3) is 0 Å². The Bertz CT molecular complexity index is 576. The maximum absolute atomic E-state index is 5.91. The Hall–Kier alpha value is -1.72. The molecule has 2 aliphatic rings. The largest absolute Gasteiger partial charge is 0.493 e. The summed E-state index contributed by atoms with van der Waals surface area (Å²) in [6.45, 7) is 6.38. The average Bonchev–Trinajstić information content (AvgIpc) is 3.17. The molecule has 1 spiro atoms. The van der Waals surface area contributed by atoms with Crippen LogP contribution >= 0.6 is 0 Å². The highest BCUT2D eigenvalue weighted by Crippen LogP contribution is 2.35. The van der Waals surface area contributed by atoms with Gasteiger partial charge >= 0.3 is 0 Å². The Balaban J connectivity index is 1.77. The van der Waals surface area contributed by atoms with Gasteiger partial charge in [0.2, 0.25) is 0 Å². The van der Waals surface area contributed by atoms with Crippen molar-refractivity contribution >= 4 is 5.70 Å². The number of rotatable bonds is 6. The standard InChI is InChI=1S/C18H25NO4/c1-13(2)6-8-22-17-10-14(4-5-16(17)20-3)15-11-18(23-19-15)7-9-21-12-18/h4-5,10-11,13,19H,6-9,12H2,1-3H3. The van der Waals surface area contributed by atoms with Gasteiger partial charge in [-0.25, -0.2) is 0 Å². The minimum absolute atomic E-state index is 0.325. The lowest BCUT2D eigenvalue weighted by molar-refractivity contribution is -0.0373. The van der Waals surface area contributed by atoms with E-state index in [4.69, 9.17) is 19.0 Å². The maximum Gasteiger partial charge on any atom is 0.161 e. The Morgan fingerprint density at radius 2 is 2.17 bits per heavy atom. The van der Waals surface area contributed by atoms with Crippen molar-refractivity contribution in [3.05, 3.63) is 29.8 Å². The summed E-state index contributed by atoms with van der Waals surface area (Å²) in [6.07, 6.45) is 4.00. The van der Waals surface area contributed by atoms with E-state index in [1.807, 2.05) is 18.2 Å². The number of hydrogen-bond donors (Lipinski definition) is 1. The van der Waals surface area contributed by atoms with Crippen LogP contribution in [-0.4, -0.2) is 32.5 Å². The van der Waals surface area contributed by atoms with E-state index in [2.05, 4.69) is 25.4 Å². The van der Waals surface area contributed by atoms with Gasteiger partial charge in [0, 0.05) is 18.6 Å². The van der Waals surface area contributed by atoms with Gasteiger partial charge < -0.3 is 14.2 Å². The Kier molecular flexibility index (Phi) is 4.78. The molecule has 2 heterocycles. The van der Waals surface area contributed by atoms with E-state index in [0.717, 1.165) is 42.2 Å². The van der Waals surface area contributed by atoms with Crippen LogP contribution in [0.4, 0.5) is 0 Å². The summed E-state index contributed by atoms with van der Waals surface area (Å²) in [5.74, 6) is 2.12. The van der Waals surface area contributed by atoms with Gasteiger partial charge in [0.1, 0.15) is 5.60 Å². The molecule has 1 saturated heterocycles. The number of benzene rings is 1. The molecule has 0 aliphatic carbocycles. The molecule has 0 amide bonds. The molecular formula is C18H25NO4. The topological polar surface area (TPSA) is 49.0 Å². The molecule has 0 bridgehead atoms. The first-order valence-corrected chi connectivity index (χ1v) is 8.18. The van der Waals surface area contributed by atoms with Gasteiger partial charge in [-0.2, -0.15) is 0 Å².